The molecule has 0 spiro atoms. The summed E-state index contributed by atoms with van der Waals surface area (Å²) in [6.45, 7) is 0. The maximum Gasteiger partial charge on any atom is 0.417 e. The van der Waals surface area contributed by atoms with E-state index in [1.807, 2.05) is 0 Å². The van der Waals surface area contributed by atoms with Crippen molar-refractivity contribution in [1.29, 1.82) is 0 Å². The maximum absolute atomic E-state index is 12.5. The molecule has 86 valence electrons. The Morgan fingerprint density at radius 1 is 1.31 bits per heavy atom. The van der Waals surface area contributed by atoms with Crippen LogP contribution >= 0.6 is 11.6 Å². The lowest BCUT2D eigenvalue weighted by molar-refractivity contribution is -0.137. The zero-order valence-corrected chi connectivity index (χ0v) is 8.90. The van der Waals surface area contributed by atoms with Crippen LogP contribution in [0.3, 0.4) is 0 Å². The number of Topliss-reactive ketones (excluding diaryl/α,β-unsaturated/α-hetero) is 1. The van der Waals surface area contributed by atoms with Crippen molar-refractivity contribution in [3.8, 4) is 0 Å². The van der Waals surface area contributed by atoms with Gasteiger partial charge in [-0.15, -0.1) is 0 Å². The minimum atomic E-state index is -4.52. The Labute approximate surface area is 95.2 Å². The van der Waals surface area contributed by atoms with E-state index >= 15 is 0 Å². The number of alkyl halides is 3. The molecular weight excluding hydrogens is 241 g/mol. The van der Waals surface area contributed by atoms with Crippen molar-refractivity contribution in [3.63, 3.8) is 0 Å². The van der Waals surface area contributed by atoms with E-state index in [0.29, 0.717) is 0 Å². The molecule has 1 aromatic carbocycles. The van der Waals surface area contributed by atoms with Gasteiger partial charge in [0.15, 0.2) is 5.78 Å². The summed E-state index contributed by atoms with van der Waals surface area (Å²) in [5, 5.41) is -0.375. The molecule has 1 nitrogen and oxygen atoms in total. The van der Waals surface area contributed by atoms with Crippen LogP contribution in [0.1, 0.15) is 28.8 Å². The molecular formula is C11H8ClF3O. The van der Waals surface area contributed by atoms with Crippen molar-refractivity contribution < 1.29 is 18.0 Å². The average molecular weight is 249 g/mol. The van der Waals surface area contributed by atoms with Gasteiger partial charge in [0.05, 0.1) is 10.6 Å². The van der Waals surface area contributed by atoms with Gasteiger partial charge in [-0.1, -0.05) is 11.6 Å². The van der Waals surface area contributed by atoms with Crippen LogP contribution in [-0.4, -0.2) is 5.78 Å². The number of halogens is 4. The number of hydrogen-bond acceptors (Lipinski definition) is 1. The minimum absolute atomic E-state index is 0.0951. The normalized spacial score (nSPS) is 16.2. The van der Waals surface area contributed by atoms with Crippen molar-refractivity contribution in [2.45, 2.75) is 19.0 Å². The SMILES string of the molecule is O=C(c1ccc(Cl)c(C(F)(F)F)c1)C1CC1. The van der Waals surface area contributed by atoms with Gasteiger partial charge < -0.3 is 0 Å². The standard InChI is InChI=1S/C11H8ClF3O/c12-9-4-3-7(10(16)6-1-2-6)5-8(9)11(13,14)15/h3-6H,1-2H2. The number of carbonyl (C=O) groups excluding carboxylic acids is 1. The van der Waals surface area contributed by atoms with Crippen molar-refractivity contribution in [3.05, 3.63) is 34.3 Å². The van der Waals surface area contributed by atoms with Gasteiger partial charge in [-0.3, -0.25) is 4.79 Å². The van der Waals surface area contributed by atoms with Crippen LogP contribution < -0.4 is 0 Å². The second kappa shape index (κ2) is 3.77. The molecule has 5 heteroatoms. The predicted molar refractivity (Wildman–Crippen MR) is 53.5 cm³/mol. The summed E-state index contributed by atoms with van der Waals surface area (Å²) >= 11 is 5.45. The summed E-state index contributed by atoms with van der Waals surface area (Å²) in [6.07, 6.45) is -2.98. The topological polar surface area (TPSA) is 17.1 Å². The van der Waals surface area contributed by atoms with Crippen LogP contribution in [-0.2, 0) is 6.18 Å². The first-order chi connectivity index (χ1) is 7.39. The third-order valence-corrected chi connectivity index (χ3v) is 2.83. The van der Waals surface area contributed by atoms with Crippen molar-refractivity contribution in [2.24, 2.45) is 5.92 Å². The molecule has 0 N–H and O–H groups in total. The molecule has 0 amide bonds. The highest BCUT2D eigenvalue weighted by atomic mass is 35.5. The Balaban J connectivity index is 2.38. The van der Waals surface area contributed by atoms with E-state index in [2.05, 4.69) is 0 Å². The summed E-state index contributed by atoms with van der Waals surface area (Å²) in [5.74, 6) is -0.315. The van der Waals surface area contributed by atoms with E-state index < -0.39 is 11.7 Å². The maximum atomic E-state index is 12.5. The molecule has 0 radical (unpaired) electrons. The van der Waals surface area contributed by atoms with E-state index in [-0.39, 0.29) is 22.3 Å². The minimum Gasteiger partial charge on any atom is -0.294 e. The lowest BCUT2D eigenvalue weighted by atomic mass is 10.0. The Morgan fingerprint density at radius 3 is 2.44 bits per heavy atom. The zero-order chi connectivity index (χ0) is 11.9. The molecule has 16 heavy (non-hydrogen) atoms. The van der Waals surface area contributed by atoms with Gasteiger partial charge in [-0.05, 0) is 31.0 Å². The smallest absolute Gasteiger partial charge is 0.294 e. The highest BCUT2D eigenvalue weighted by Crippen LogP contribution is 2.37. The quantitative estimate of drug-likeness (QED) is 0.724. The third kappa shape index (κ3) is 2.21. The molecule has 0 aromatic heterocycles. The van der Waals surface area contributed by atoms with Gasteiger partial charge in [-0.2, -0.15) is 13.2 Å². The van der Waals surface area contributed by atoms with Crippen LogP contribution in [0.15, 0.2) is 18.2 Å². The fourth-order valence-corrected chi connectivity index (χ4v) is 1.70. The van der Waals surface area contributed by atoms with E-state index in [9.17, 15) is 18.0 Å². The van der Waals surface area contributed by atoms with Crippen LogP contribution in [0.5, 0.6) is 0 Å². The summed E-state index contributed by atoms with van der Waals surface area (Å²) in [5.41, 5.74) is -0.847. The van der Waals surface area contributed by atoms with E-state index in [1.165, 1.54) is 6.07 Å². The van der Waals surface area contributed by atoms with Gasteiger partial charge in [0.25, 0.3) is 0 Å². The Kier molecular flexibility index (Phi) is 2.70. The van der Waals surface area contributed by atoms with Crippen molar-refractivity contribution in [2.75, 3.05) is 0 Å². The fraction of sp³-hybridized carbons (Fsp3) is 0.364. The van der Waals surface area contributed by atoms with Crippen LogP contribution in [0.4, 0.5) is 13.2 Å². The Morgan fingerprint density at radius 2 is 1.94 bits per heavy atom. The van der Waals surface area contributed by atoms with Gasteiger partial charge >= 0.3 is 6.18 Å². The number of carbonyl (C=O) groups is 1. The summed E-state index contributed by atoms with van der Waals surface area (Å²) in [6, 6.07) is 3.31. The summed E-state index contributed by atoms with van der Waals surface area (Å²) < 4.78 is 37.5. The molecule has 0 saturated heterocycles. The number of rotatable bonds is 2. The van der Waals surface area contributed by atoms with Gasteiger partial charge in [0.1, 0.15) is 0 Å². The van der Waals surface area contributed by atoms with Gasteiger partial charge in [-0.25, -0.2) is 0 Å². The number of benzene rings is 1. The highest BCUT2D eigenvalue weighted by molar-refractivity contribution is 6.31. The second-order valence-corrected chi connectivity index (χ2v) is 4.24. The largest absolute Gasteiger partial charge is 0.417 e. The van der Waals surface area contributed by atoms with Gasteiger partial charge in [0, 0.05) is 11.5 Å². The molecule has 1 aliphatic rings. The van der Waals surface area contributed by atoms with Crippen LogP contribution in [0.25, 0.3) is 0 Å². The molecule has 2 rings (SSSR count). The molecule has 1 aromatic rings. The van der Waals surface area contributed by atoms with Crippen LogP contribution in [0, 0.1) is 5.92 Å². The average Bonchev–Trinajstić information content (AvgIpc) is 2.98. The lowest BCUT2D eigenvalue weighted by Crippen LogP contribution is -2.09. The number of hydrogen-bond donors (Lipinski definition) is 0. The van der Waals surface area contributed by atoms with Crippen molar-refractivity contribution >= 4 is 17.4 Å². The molecule has 0 bridgehead atoms. The fourth-order valence-electron chi connectivity index (χ4n) is 1.48. The predicted octanol–water partition coefficient (Wildman–Crippen LogP) is 3.95. The first kappa shape index (κ1) is 11.5. The molecule has 0 heterocycles. The Hall–Kier alpha value is -1.03. The molecule has 0 atom stereocenters. The highest BCUT2D eigenvalue weighted by Gasteiger charge is 2.36. The van der Waals surface area contributed by atoms with Gasteiger partial charge in [0.2, 0.25) is 0 Å². The molecule has 1 aliphatic carbocycles. The second-order valence-electron chi connectivity index (χ2n) is 3.83. The lowest BCUT2D eigenvalue weighted by Gasteiger charge is -2.10. The van der Waals surface area contributed by atoms with Crippen LogP contribution in [0.2, 0.25) is 5.02 Å². The summed E-state index contributed by atoms with van der Waals surface area (Å²) in [4.78, 5) is 11.6. The zero-order valence-electron chi connectivity index (χ0n) is 8.14. The van der Waals surface area contributed by atoms with Crippen molar-refractivity contribution in [1.82, 2.24) is 0 Å². The van der Waals surface area contributed by atoms with E-state index in [0.717, 1.165) is 25.0 Å². The molecule has 1 saturated carbocycles. The molecule has 0 aliphatic heterocycles. The monoisotopic (exact) mass is 248 g/mol. The summed E-state index contributed by atoms with van der Waals surface area (Å²) in [7, 11) is 0. The van der Waals surface area contributed by atoms with E-state index in [1.54, 1.807) is 0 Å². The molecule has 1 fully saturated rings. The first-order valence-corrected chi connectivity index (χ1v) is 5.18. The van der Waals surface area contributed by atoms with E-state index in [4.69, 9.17) is 11.6 Å². The third-order valence-electron chi connectivity index (χ3n) is 2.50. The Bertz CT molecular complexity index is 435. The first-order valence-electron chi connectivity index (χ1n) is 4.80. The number of ketones is 1. The molecule has 0 unspecified atom stereocenters.